The van der Waals surface area contributed by atoms with Gasteiger partial charge in [0, 0.05) is 35.7 Å². The third kappa shape index (κ3) is 7.15. The molecule has 1 amide bonds. The number of aromatic nitrogens is 5. The highest BCUT2D eigenvalue weighted by atomic mass is 35.5. The maximum atomic E-state index is 15.6. The Labute approximate surface area is 321 Å². The Bertz CT molecular complexity index is 2470. The van der Waals surface area contributed by atoms with E-state index in [4.69, 9.17) is 16.6 Å². The molecule has 7 rings (SSSR count). The number of fused-ring (bicyclic) bond motifs is 4. The Morgan fingerprint density at radius 1 is 1.09 bits per heavy atom. The number of anilines is 1. The molecule has 17 heteroatoms. The van der Waals surface area contributed by atoms with Crippen molar-refractivity contribution in [2.45, 2.75) is 69.6 Å². The molecule has 0 saturated heterocycles. The molecule has 3 N–H and O–H groups in total. The summed E-state index contributed by atoms with van der Waals surface area (Å²) in [7, 11) is 1.64. The highest BCUT2D eigenvalue weighted by Crippen LogP contribution is 2.63. The normalized spacial score (nSPS) is 17.4. The van der Waals surface area contributed by atoms with Crippen LogP contribution in [-0.2, 0) is 30.7 Å². The van der Waals surface area contributed by atoms with Crippen molar-refractivity contribution in [3.05, 3.63) is 93.0 Å². The Morgan fingerprint density at radius 3 is 2.45 bits per heavy atom. The van der Waals surface area contributed by atoms with Gasteiger partial charge >= 0.3 is 0 Å². The first-order chi connectivity index (χ1) is 26.5. The van der Waals surface area contributed by atoms with Crippen LogP contribution in [0.25, 0.3) is 22.0 Å². The maximum Gasteiger partial charge on any atom is 0.293 e. The predicted octanol–water partition coefficient (Wildman–Crippen LogP) is 7.46. The Kier molecular flexibility index (Phi) is 10.0. The summed E-state index contributed by atoms with van der Waals surface area (Å²) in [5, 5.41) is 34.2. The van der Waals surface area contributed by atoms with Crippen molar-refractivity contribution < 1.29 is 36.2 Å². The molecule has 5 aromatic rings. The van der Waals surface area contributed by atoms with Gasteiger partial charge in [0.2, 0.25) is 5.91 Å². The lowest BCUT2D eigenvalue weighted by Crippen LogP contribution is -2.36. The second-order valence-corrected chi connectivity index (χ2v) is 14.8. The van der Waals surface area contributed by atoms with Gasteiger partial charge in [-0.15, -0.1) is 0 Å². The summed E-state index contributed by atoms with van der Waals surface area (Å²) < 4.78 is 90.8. The number of nitriles is 1. The molecule has 3 heterocycles. The summed E-state index contributed by atoms with van der Waals surface area (Å²) in [4.78, 5) is 18.7. The molecule has 1 saturated carbocycles. The fraction of sp³-hybridized carbons (Fsp3) is 0.359. The molecular weight excluding hydrogens is 762 g/mol. The van der Waals surface area contributed by atoms with E-state index in [1.807, 2.05) is 6.07 Å². The second kappa shape index (κ2) is 14.5. The van der Waals surface area contributed by atoms with Gasteiger partial charge in [-0.05, 0) is 80.8 Å². The largest absolute Gasteiger partial charge is 0.378 e. The number of carbonyl (C=O) groups excluding carboxylic acids is 1. The number of hydrogen-bond donors (Lipinski definition) is 3. The first kappa shape index (κ1) is 38.7. The zero-order valence-electron chi connectivity index (χ0n) is 30.1. The van der Waals surface area contributed by atoms with Crippen molar-refractivity contribution >= 4 is 34.2 Å². The van der Waals surface area contributed by atoms with Crippen LogP contribution in [-0.4, -0.2) is 47.7 Å². The van der Waals surface area contributed by atoms with E-state index in [1.165, 1.54) is 18.5 Å². The van der Waals surface area contributed by atoms with Gasteiger partial charge in [0.15, 0.2) is 5.82 Å². The van der Waals surface area contributed by atoms with Crippen molar-refractivity contribution in [1.82, 2.24) is 29.9 Å². The number of carbonyl (C=O) groups is 1. The number of benzene rings is 2. The van der Waals surface area contributed by atoms with Crippen LogP contribution in [0.15, 0.2) is 42.5 Å². The molecule has 0 aliphatic heterocycles. The number of nitrogens with zero attached hydrogens (tertiary/aromatic N) is 6. The molecule has 10 nitrogen and oxygen atoms in total. The molecule has 0 unspecified atom stereocenters. The third-order valence-corrected chi connectivity index (χ3v) is 10.3. The minimum atomic E-state index is -3.50. The van der Waals surface area contributed by atoms with Gasteiger partial charge in [-0.25, -0.2) is 22.5 Å². The number of alkyl halides is 4. The number of rotatable bonds is 10. The fourth-order valence-electron chi connectivity index (χ4n) is 7.60. The monoisotopic (exact) mass is 794 g/mol. The van der Waals surface area contributed by atoms with E-state index < -0.39 is 71.3 Å². The van der Waals surface area contributed by atoms with Gasteiger partial charge in [0.25, 0.3) is 12.3 Å². The summed E-state index contributed by atoms with van der Waals surface area (Å²) >= 11 is 6.64. The summed E-state index contributed by atoms with van der Waals surface area (Å²) in [6.07, 6.45) is -3.01. The number of amides is 1. The molecule has 3 atom stereocenters. The van der Waals surface area contributed by atoms with Crippen molar-refractivity contribution in [3.63, 3.8) is 0 Å². The number of nitrogens with one attached hydrogen (secondary N) is 2. The molecule has 3 aromatic heterocycles. The number of halogens is 7. The molecule has 0 spiro atoms. The van der Waals surface area contributed by atoms with Gasteiger partial charge in [0.05, 0.1) is 33.7 Å². The molecule has 0 bridgehead atoms. The summed E-state index contributed by atoms with van der Waals surface area (Å²) in [6.45, 7) is 1.95. The van der Waals surface area contributed by atoms with Crippen LogP contribution in [0.3, 0.4) is 0 Å². The first-order valence-corrected chi connectivity index (χ1v) is 17.9. The molecular formula is C39H33ClF6N8O2. The van der Waals surface area contributed by atoms with Gasteiger partial charge in [-0.1, -0.05) is 23.6 Å². The standard InChI is InChI=1S/C39H33ClF6N8O2/c1-38(2,56)11-10-22-4-5-23(24-7-9-27(40)31-34(24)53(3)52-37(31)48-13-12-47)32(49-22)28(16-19-14-20(41)17-21(42)15-19)50-29(55)18-54-35-30(33(51-54)36(43)44)25-6-8-26(25)39(35,45)46/h4-5,7,9,14-15,17,25-26,28,36,56H,6,8,13,16,18H2,1-3H3,(H,48,52)(H,50,55)/t25-,26+,28-/m0/s1. The van der Waals surface area contributed by atoms with Gasteiger partial charge in [-0.3, -0.25) is 14.2 Å². The SMILES string of the molecule is Cn1nc(NCC#N)c2c(Cl)ccc(-c3ccc(C#CC(C)(C)O)nc3[C@H](Cc3cc(F)cc(F)c3)NC(=O)Cn3nc(C(F)F)c4c3C(F)(F)[C@@H]3CC[C@H]43)c21. The number of hydrogen-bond acceptors (Lipinski definition) is 7. The number of aliphatic hydroxyl groups is 1. The zero-order chi connectivity index (χ0) is 40.3. The minimum Gasteiger partial charge on any atom is -0.378 e. The highest BCUT2D eigenvalue weighted by molar-refractivity contribution is 6.37. The van der Waals surface area contributed by atoms with Crippen LogP contribution in [0.1, 0.15) is 79.0 Å². The quantitative estimate of drug-likeness (QED) is 0.0760. The van der Waals surface area contributed by atoms with Crippen LogP contribution >= 0.6 is 11.6 Å². The van der Waals surface area contributed by atoms with E-state index in [1.54, 1.807) is 31.3 Å². The van der Waals surface area contributed by atoms with E-state index in [0.29, 0.717) is 50.0 Å². The topological polar surface area (TPSA) is 134 Å². The lowest BCUT2D eigenvalue weighted by Gasteiger charge is -2.34. The number of pyridine rings is 1. The smallest absolute Gasteiger partial charge is 0.293 e. The zero-order valence-corrected chi connectivity index (χ0v) is 30.8. The summed E-state index contributed by atoms with van der Waals surface area (Å²) in [5.41, 5.74) is -1.55. The molecule has 2 aliphatic carbocycles. The Hall–Kier alpha value is -5.58. The minimum absolute atomic E-state index is 0.0846. The fourth-order valence-corrected chi connectivity index (χ4v) is 7.84. The van der Waals surface area contributed by atoms with Crippen molar-refractivity contribution in [2.24, 2.45) is 13.0 Å². The van der Waals surface area contributed by atoms with E-state index in [0.717, 1.165) is 12.1 Å². The van der Waals surface area contributed by atoms with Crippen LogP contribution < -0.4 is 10.6 Å². The Morgan fingerprint density at radius 2 is 1.80 bits per heavy atom. The van der Waals surface area contributed by atoms with Gasteiger partial charge < -0.3 is 15.7 Å². The van der Waals surface area contributed by atoms with Gasteiger partial charge in [0.1, 0.15) is 47.4 Å². The second-order valence-electron chi connectivity index (χ2n) is 14.4. The maximum absolute atomic E-state index is 15.6. The lowest BCUT2D eigenvalue weighted by atomic mass is 9.73. The molecule has 2 aromatic carbocycles. The highest BCUT2D eigenvalue weighted by Gasteiger charge is 2.62. The molecule has 0 radical (unpaired) electrons. The molecule has 2 aliphatic rings. The van der Waals surface area contributed by atoms with Gasteiger partial charge in [-0.2, -0.15) is 24.2 Å². The van der Waals surface area contributed by atoms with Crippen molar-refractivity contribution in [3.8, 4) is 29.0 Å². The average Bonchev–Trinajstić information content (AvgIpc) is 3.67. The third-order valence-electron chi connectivity index (χ3n) is 9.96. The van der Waals surface area contributed by atoms with Crippen LogP contribution in [0.5, 0.6) is 0 Å². The molecule has 290 valence electrons. The van der Waals surface area contributed by atoms with E-state index in [9.17, 15) is 32.7 Å². The molecule has 56 heavy (non-hydrogen) atoms. The first-order valence-electron chi connectivity index (χ1n) is 17.5. The number of aryl methyl sites for hydroxylation is 1. The van der Waals surface area contributed by atoms with E-state index in [2.05, 4.69) is 32.7 Å². The predicted molar refractivity (Wildman–Crippen MR) is 194 cm³/mol. The average molecular weight is 795 g/mol. The Balaban J connectivity index is 1.38. The lowest BCUT2D eigenvalue weighted by molar-refractivity contribution is -0.123. The van der Waals surface area contributed by atoms with Crippen LogP contribution in [0, 0.1) is 40.7 Å². The van der Waals surface area contributed by atoms with E-state index in [-0.39, 0.29) is 41.9 Å². The van der Waals surface area contributed by atoms with E-state index >= 15 is 8.78 Å². The van der Waals surface area contributed by atoms with Crippen LogP contribution in [0.4, 0.5) is 32.2 Å². The summed E-state index contributed by atoms with van der Waals surface area (Å²) in [5.74, 6) is -2.44. The molecule has 1 fully saturated rings. The van der Waals surface area contributed by atoms with Crippen molar-refractivity contribution in [1.29, 1.82) is 5.26 Å². The summed E-state index contributed by atoms with van der Waals surface area (Å²) in [6, 6.07) is 9.95. The van der Waals surface area contributed by atoms with Crippen molar-refractivity contribution in [2.75, 3.05) is 11.9 Å². The van der Waals surface area contributed by atoms with Crippen LogP contribution in [0.2, 0.25) is 5.02 Å².